The molecule has 0 unspecified atom stereocenters. The van der Waals surface area contributed by atoms with Crippen molar-refractivity contribution >= 4 is 34.8 Å². The second-order valence-electron chi connectivity index (χ2n) is 5.39. The van der Waals surface area contributed by atoms with Crippen molar-refractivity contribution in [1.82, 2.24) is 0 Å². The SMILES string of the molecule is NC1(CC(=O)Nc2c(Cl)cc(F)cc2Cl)CCCCC1. The van der Waals surface area contributed by atoms with Gasteiger partial charge in [0.2, 0.25) is 5.91 Å². The van der Waals surface area contributed by atoms with Crippen molar-refractivity contribution < 1.29 is 9.18 Å². The van der Waals surface area contributed by atoms with Crippen LogP contribution in [0.3, 0.4) is 0 Å². The van der Waals surface area contributed by atoms with E-state index in [1.807, 2.05) is 0 Å². The summed E-state index contributed by atoms with van der Waals surface area (Å²) in [6, 6.07) is 2.23. The van der Waals surface area contributed by atoms with Gasteiger partial charge in [0.15, 0.2) is 0 Å². The molecule has 3 nitrogen and oxygen atoms in total. The first-order valence-corrected chi connectivity index (χ1v) is 7.38. The first-order valence-electron chi connectivity index (χ1n) is 6.63. The van der Waals surface area contributed by atoms with E-state index in [2.05, 4.69) is 5.32 Å². The molecule has 0 atom stereocenters. The predicted octanol–water partition coefficient (Wildman–Crippen LogP) is 4.12. The van der Waals surface area contributed by atoms with Gasteiger partial charge in [0.05, 0.1) is 15.7 Å². The minimum absolute atomic E-state index is 0.0815. The van der Waals surface area contributed by atoms with E-state index in [1.54, 1.807) is 0 Å². The van der Waals surface area contributed by atoms with E-state index in [0.29, 0.717) is 0 Å². The lowest BCUT2D eigenvalue weighted by molar-refractivity contribution is -0.117. The average molecular weight is 319 g/mol. The number of hydrogen-bond donors (Lipinski definition) is 2. The molecule has 0 spiro atoms. The second-order valence-corrected chi connectivity index (χ2v) is 6.21. The summed E-state index contributed by atoms with van der Waals surface area (Å²) in [4.78, 5) is 12.1. The van der Waals surface area contributed by atoms with Crippen LogP contribution in [0.5, 0.6) is 0 Å². The number of carbonyl (C=O) groups is 1. The number of carbonyl (C=O) groups excluding carboxylic acids is 1. The summed E-state index contributed by atoms with van der Waals surface area (Å²) >= 11 is 11.8. The smallest absolute Gasteiger partial charge is 0.226 e. The Morgan fingerprint density at radius 3 is 2.35 bits per heavy atom. The van der Waals surface area contributed by atoms with Crippen molar-refractivity contribution in [2.24, 2.45) is 5.73 Å². The van der Waals surface area contributed by atoms with Crippen LogP contribution in [-0.4, -0.2) is 11.4 Å². The van der Waals surface area contributed by atoms with Gasteiger partial charge in [0.1, 0.15) is 5.82 Å². The normalized spacial score (nSPS) is 17.8. The first kappa shape index (κ1) is 15.5. The molecule has 20 heavy (non-hydrogen) atoms. The molecule has 0 heterocycles. The zero-order valence-electron chi connectivity index (χ0n) is 11.0. The third-order valence-corrected chi connectivity index (χ3v) is 4.23. The summed E-state index contributed by atoms with van der Waals surface area (Å²) in [7, 11) is 0. The van der Waals surface area contributed by atoms with E-state index in [-0.39, 0.29) is 28.1 Å². The molecule has 2 rings (SSSR count). The molecule has 1 aromatic rings. The molecule has 1 aliphatic carbocycles. The summed E-state index contributed by atoms with van der Waals surface area (Å²) in [5.74, 6) is -0.787. The molecule has 3 N–H and O–H groups in total. The standard InChI is InChI=1S/C14H17Cl2FN2O/c15-10-6-9(17)7-11(16)13(10)19-12(20)8-14(18)4-2-1-3-5-14/h6-7H,1-5,8,18H2,(H,19,20). The summed E-state index contributed by atoms with van der Waals surface area (Å²) in [6.45, 7) is 0. The molecular weight excluding hydrogens is 302 g/mol. The lowest BCUT2D eigenvalue weighted by atomic mass is 9.80. The van der Waals surface area contributed by atoms with E-state index >= 15 is 0 Å². The topological polar surface area (TPSA) is 55.1 Å². The minimum Gasteiger partial charge on any atom is -0.325 e. The maximum atomic E-state index is 13.1. The third kappa shape index (κ3) is 3.84. The Hall–Kier alpha value is -0.840. The highest BCUT2D eigenvalue weighted by molar-refractivity contribution is 6.39. The summed E-state index contributed by atoms with van der Waals surface area (Å²) in [5, 5.41) is 2.79. The Morgan fingerprint density at radius 2 is 1.80 bits per heavy atom. The fraction of sp³-hybridized carbons (Fsp3) is 0.500. The highest BCUT2D eigenvalue weighted by atomic mass is 35.5. The Balaban J connectivity index is 2.05. The van der Waals surface area contributed by atoms with Gasteiger partial charge >= 0.3 is 0 Å². The molecule has 1 amide bonds. The molecule has 0 bridgehead atoms. The number of benzene rings is 1. The van der Waals surface area contributed by atoms with Gasteiger partial charge in [0, 0.05) is 12.0 Å². The first-order chi connectivity index (χ1) is 9.39. The van der Waals surface area contributed by atoms with Crippen molar-refractivity contribution in [3.8, 4) is 0 Å². The van der Waals surface area contributed by atoms with E-state index in [9.17, 15) is 9.18 Å². The van der Waals surface area contributed by atoms with E-state index in [4.69, 9.17) is 28.9 Å². The Kier molecular flexibility index (Phi) is 4.89. The maximum absolute atomic E-state index is 13.1. The van der Waals surface area contributed by atoms with E-state index in [1.165, 1.54) is 0 Å². The fourth-order valence-corrected chi connectivity index (χ4v) is 3.15. The van der Waals surface area contributed by atoms with Crippen LogP contribution < -0.4 is 11.1 Å². The highest BCUT2D eigenvalue weighted by Gasteiger charge is 2.30. The number of halogens is 3. The lowest BCUT2D eigenvalue weighted by Crippen LogP contribution is -2.44. The predicted molar refractivity (Wildman–Crippen MR) is 79.7 cm³/mol. The Morgan fingerprint density at radius 1 is 1.25 bits per heavy atom. The molecule has 1 aromatic carbocycles. The zero-order chi connectivity index (χ0) is 14.8. The molecule has 6 heteroatoms. The van der Waals surface area contributed by atoms with Gasteiger partial charge in [0.25, 0.3) is 0 Å². The monoisotopic (exact) mass is 318 g/mol. The van der Waals surface area contributed by atoms with Gasteiger partial charge in [-0.05, 0) is 25.0 Å². The van der Waals surface area contributed by atoms with Crippen LogP contribution in [0.2, 0.25) is 10.0 Å². The quantitative estimate of drug-likeness (QED) is 0.880. The number of rotatable bonds is 3. The van der Waals surface area contributed by atoms with Gasteiger partial charge < -0.3 is 11.1 Å². The van der Waals surface area contributed by atoms with Crippen LogP contribution >= 0.6 is 23.2 Å². The summed E-state index contributed by atoms with van der Waals surface area (Å²) < 4.78 is 13.1. The third-order valence-electron chi connectivity index (χ3n) is 3.63. The molecule has 1 fully saturated rings. The van der Waals surface area contributed by atoms with Gasteiger partial charge in [-0.15, -0.1) is 0 Å². The molecular formula is C14H17Cl2FN2O. The number of nitrogens with two attached hydrogens (primary N) is 1. The van der Waals surface area contributed by atoms with Crippen LogP contribution in [0.25, 0.3) is 0 Å². The average Bonchev–Trinajstić information content (AvgIpc) is 2.34. The number of anilines is 1. The fourth-order valence-electron chi connectivity index (χ4n) is 2.60. The van der Waals surface area contributed by atoms with Crippen molar-refractivity contribution in [3.63, 3.8) is 0 Å². The minimum atomic E-state index is -0.541. The number of nitrogens with one attached hydrogen (secondary N) is 1. The molecule has 0 saturated heterocycles. The van der Waals surface area contributed by atoms with Crippen molar-refractivity contribution in [2.75, 3.05) is 5.32 Å². The van der Waals surface area contributed by atoms with Crippen LogP contribution in [0, 0.1) is 5.82 Å². The molecule has 110 valence electrons. The summed E-state index contributed by atoms with van der Waals surface area (Å²) in [5.41, 5.74) is 6.01. The van der Waals surface area contributed by atoms with Crippen LogP contribution in [0.4, 0.5) is 10.1 Å². The number of hydrogen-bond acceptors (Lipinski definition) is 2. The van der Waals surface area contributed by atoms with Gasteiger partial charge in [-0.3, -0.25) is 4.79 Å². The van der Waals surface area contributed by atoms with Gasteiger partial charge in [-0.2, -0.15) is 0 Å². The highest BCUT2D eigenvalue weighted by Crippen LogP contribution is 2.33. The van der Waals surface area contributed by atoms with Crippen molar-refractivity contribution in [2.45, 2.75) is 44.1 Å². The van der Waals surface area contributed by atoms with Gasteiger partial charge in [-0.25, -0.2) is 4.39 Å². The van der Waals surface area contributed by atoms with E-state index < -0.39 is 11.4 Å². The van der Waals surface area contributed by atoms with Crippen LogP contribution in [-0.2, 0) is 4.79 Å². The maximum Gasteiger partial charge on any atom is 0.226 e. The van der Waals surface area contributed by atoms with Crippen LogP contribution in [0.1, 0.15) is 38.5 Å². The lowest BCUT2D eigenvalue weighted by Gasteiger charge is -2.32. The van der Waals surface area contributed by atoms with E-state index in [0.717, 1.165) is 44.2 Å². The second kappa shape index (κ2) is 6.29. The van der Waals surface area contributed by atoms with Gasteiger partial charge in [-0.1, -0.05) is 42.5 Å². The largest absolute Gasteiger partial charge is 0.325 e. The van der Waals surface area contributed by atoms with Crippen molar-refractivity contribution in [3.05, 3.63) is 28.0 Å². The van der Waals surface area contributed by atoms with Crippen LogP contribution in [0.15, 0.2) is 12.1 Å². The number of amides is 1. The zero-order valence-corrected chi connectivity index (χ0v) is 12.5. The molecule has 1 aliphatic rings. The Bertz CT molecular complexity index is 493. The molecule has 0 radical (unpaired) electrons. The molecule has 1 saturated carbocycles. The summed E-state index contributed by atoms with van der Waals surface area (Å²) in [6.07, 6.45) is 5.15. The molecule has 0 aliphatic heterocycles. The van der Waals surface area contributed by atoms with Crippen molar-refractivity contribution in [1.29, 1.82) is 0 Å². The Labute approximate surface area is 127 Å². The molecule has 0 aromatic heterocycles.